The third-order valence-corrected chi connectivity index (χ3v) is 5.97. The zero-order valence-corrected chi connectivity index (χ0v) is 20.1. The molecule has 1 heteroatoms. The summed E-state index contributed by atoms with van der Waals surface area (Å²) in [5, 5.41) is 0. The van der Waals surface area contributed by atoms with Gasteiger partial charge in [0.25, 0.3) is 0 Å². The van der Waals surface area contributed by atoms with Crippen molar-refractivity contribution in [3.8, 4) is 0 Å². The molecule has 0 saturated heterocycles. The van der Waals surface area contributed by atoms with Gasteiger partial charge in [0, 0.05) is 9.89 Å². The lowest BCUT2D eigenvalue weighted by Crippen LogP contribution is -2.07. The summed E-state index contributed by atoms with van der Waals surface area (Å²) in [6.45, 7) is 4.56. The van der Waals surface area contributed by atoms with Gasteiger partial charge in [-0.15, -0.1) is 0 Å². The summed E-state index contributed by atoms with van der Waals surface area (Å²) < 4.78 is 1.09. The van der Waals surface area contributed by atoms with E-state index in [4.69, 9.17) is 0 Å². The van der Waals surface area contributed by atoms with Crippen molar-refractivity contribution in [3.05, 3.63) is 154 Å². The molecule has 4 rings (SSSR count). The molecule has 0 N–H and O–H groups in total. The fourth-order valence-electron chi connectivity index (χ4n) is 3.93. The Kier molecular flexibility index (Phi) is 6.87. The first-order chi connectivity index (χ1) is 15.5. The highest BCUT2D eigenvalue weighted by molar-refractivity contribution is 9.10. The van der Waals surface area contributed by atoms with Crippen molar-refractivity contribution in [2.24, 2.45) is 5.41 Å². The molecule has 32 heavy (non-hydrogen) atoms. The molecular weight excluding hydrogens is 452 g/mol. The number of halogens is 1. The molecule has 0 bridgehead atoms. The molecule has 0 aliphatic rings. The van der Waals surface area contributed by atoms with Crippen LogP contribution in [0.15, 0.2) is 132 Å². The lowest BCUT2D eigenvalue weighted by Gasteiger charge is -2.22. The molecule has 4 aromatic carbocycles. The van der Waals surface area contributed by atoms with Crippen LogP contribution in [0.5, 0.6) is 0 Å². The molecule has 0 aliphatic carbocycles. The molecule has 0 heterocycles. The first-order valence-corrected chi connectivity index (χ1v) is 11.7. The van der Waals surface area contributed by atoms with Crippen LogP contribution in [0.1, 0.15) is 36.1 Å². The van der Waals surface area contributed by atoms with Crippen molar-refractivity contribution in [2.75, 3.05) is 0 Å². The highest BCUT2D eigenvalue weighted by Crippen LogP contribution is 2.35. The predicted octanol–water partition coefficient (Wildman–Crippen LogP) is 9.04. The second-order valence-corrected chi connectivity index (χ2v) is 9.46. The number of allylic oxidation sites excluding steroid dienone is 2. The second kappa shape index (κ2) is 9.97. The van der Waals surface area contributed by atoms with E-state index in [9.17, 15) is 0 Å². The Bertz CT molecular complexity index is 1160. The summed E-state index contributed by atoms with van der Waals surface area (Å²) in [7, 11) is 0. The number of hydrogen-bond acceptors (Lipinski definition) is 0. The van der Waals surface area contributed by atoms with Crippen LogP contribution in [-0.4, -0.2) is 0 Å². The Morgan fingerprint density at radius 3 is 1.16 bits per heavy atom. The Morgan fingerprint density at radius 2 is 0.812 bits per heavy atom. The highest BCUT2D eigenvalue weighted by atomic mass is 79.9. The van der Waals surface area contributed by atoms with Crippen molar-refractivity contribution in [1.29, 1.82) is 0 Å². The highest BCUT2D eigenvalue weighted by Gasteiger charge is 2.18. The minimum Gasteiger partial charge on any atom is -0.0666 e. The van der Waals surface area contributed by atoms with Crippen LogP contribution < -0.4 is 0 Å². The Hall–Kier alpha value is -3.16. The van der Waals surface area contributed by atoms with E-state index in [1.807, 2.05) is 0 Å². The SMILES string of the molecule is CC(C)(C=C(c1ccccc1)c1ccccc1)/C=C(\c1ccccc1)c1ccc(Br)cc1. The molecule has 0 aliphatic heterocycles. The molecule has 0 amide bonds. The normalized spacial score (nSPS) is 11.8. The lowest BCUT2D eigenvalue weighted by atomic mass is 9.82. The van der Waals surface area contributed by atoms with E-state index in [1.165, 1.54) is 33.4 Å². The van der Waals surface area contributed by atoms with Crippen molar-refractivity contribution in [2.45, 2.75) is 13.8 Å². The maximum absolute atomic E-state index is 3.57. The zero-order valence-electron chi connectivity index (χ0n) is 18.5. The van der Waals surface area contributed by atoms with Gasteiger partial charge in [-0.2, -0.15) is 0 Å². The maximum atomic E-state index is 3.57. The van der Waals surface area contributed by atoms with Crippen LogP contribution in [0.4, 0.5) is 0 Å². The second-order valence-electron chi connectivity index (χ2n) is 8.54. The van der Waals surface area contributed by atoms with Gasteiger partial charge in [-0.05, 0) is 45.5 Å². The van der Waals surface area contributed by atoms with Crippen LogP contribution in [-0.2, 0) is 0 Å². The van der Waals surface area contributed by atoms with Crippen LogP contribution in [0.25, 0.3) is 11.1 Å². The lowest BCUT2D eigenvalue weighted by molar-refractivity contribution is 0.629. The number of hydrogen-bond donors (Lipinski definition) is 0. The van der Waals surface area contributed by atoms with Gasteiger partial charge in [0.2, 0.25) is 0 Å². The number of rotatable bonds is 6. The molecule has 0 saturated carbocycles. The van der Waals surface area contributed by atoms with Gasteiger partial charge in [-0.25, -0.2) is 0 Å². The summed E-state index contributed by atoms with van der Waals surface area (Å²) >= 11 is 3.57. The quantitative estimate of drug-likeness (QED) is 0.259. The summed E-state index contributed by atoms with van der Waals surface area (Å²) in [5.41, 5.74) is 7.18. The standard InChI is InChI=1S/C31H27Br/c1-31(2,22-29(24-12-6-3-7-13-24)25-14-8-4-9-15-25)23-30(26-16-10-5-11-17-26)27-18-20-28(32)21-19-27/h3-23H,1-2H3/b30-23+. The van der Waals surface area contributed by atoms with E-state index >= 15 is 0 Å². The van der Waals surface area contributed by atoms with Gasteiger partial charge in [0.15, 0.2) is 0 Å². The van der Waals surface area contributed by atoms with Gasteiger partial charge in [-0.1, -0.05) is 145 Å². The molecule has 0 fully saturated rings. The van der Waals surface area contributed by atoms with Crippen molar-refractivity contribution >= 4 is 27.1 Å². The minimum atomic E-state index is -0.181. The monoisotopic (exact) mass is 478 g/mol. The van der Waals surface area contributed by atoms with Crippen molar-refractivity contribution in [1.82, 2.24) is 0 Å². The average Bonchev–Trinajstić information content (AvgIpc) is 2.83. The van der Waals surface area contributed by atoms with Crippen molar-refractivity contribution in [3.63, 3.8) is 0 Å². The third kappa shape index (κ3) is 5.55. The smallest absolute Gasteiger partial charge is 0.0175 e. The summed E-state index contributed by atoms with van der Waals surface area (Å²) in [6.07, 6.45) is 4.77. The van der Waals surface area contributed by atoms with Crippen LogP contribution in [0.3, 0.4) is 0 Å². The zero-order chi connectivity index (χ0) is 22.4. The Morgan fingerprint density at radius 1 is 0.500 bits per heavy atom. The molecule has 4 aromatic rings. The van der Waals surface area contributed by atoms with Crippen LogP contribution in [0.2, 0.25) is 0 Å². The third-order valence-electron chi connectivity index (χ3n) is 5.44. The molecule has 0 atom stereocenters. The summed E-state index contributed by atoms with van der Waals surface area (Å²) in [6, 6.07) is 40.5. The first-order valence-electron chi connectivity index (χ1n) is 10.9. The molecule has 0 radical (unpaired) electrons. The molecular formula is C31H27Br. The van der Waals surface area contributed by atoms with Gasteiger partial charge in [0.1, 0.15) is 0 Å². The minimum absolute atomic E-state index is 0.181. The first kappa shape index (κ1) is 22.0. The molecule has 0 nitrogen and oxygen atoms in total. The van der Waals surface area contributed by atoms with E-state index in [0.29, 0.717) is 0 Å². The summed E-state index contributed by atoms with van der Waals surface area (Å²) in [5.74, 6) is 0. The molecule has 0 spiro atoms. The molecule has 0 unspecified atom stereocenters. The van der Waals surface area contributed by atoms with Gasteiger partial charge in [0.05, 0.1) is 0 Å². The van der Waals surface area contributed by atoms with Gasteiger partial charge < -0.3 is 0 Å². The van der Waals surface area contributed by atoms with Gasteiger partial charge in [-0.3, -0.25) is 0 Å². The van der Waals surface area contributed by atoms with E-state index in [0.717, 1.165) is 4.47 Å². The maximum Gasteiger partial charge on any atom is 0.0175 e. The fourth-order valence-corrected chi connectivity index (χ4v) is 4.20. The fraction of sp³-hybridized carbons (Fsp3) is 0.0968. The predicted molar refractivity (Wildman–Crippen MR) is 141 cm³/mol. The molecule has 0 aromatic heterocycles. The average molecular weight is 479 g/mol. The largest absolute Gasteiger partial charge is 0.0666 e. The number of benzene rings is 4. The molecule has 158 valence electrons. The Balaban J connectivity index is 1.85. The van der Waals surface area contributed by atoms with E-state index < -0.39 is 0 Å². The van der Waals surface area contributed by atoms with E-state index in [-0.39, 0.29) is 5.41 Å². The van der Waals surface area contributed by atoms with E-state index in [2.05, 4.69) is 157 Å². The van der Waals surface area contributed by atoms with Crippen molar-refractivity contribution < 1.29 is 0 Å². The topological polar surface area (TPSA) is 0 Å². The van der Waals surface area contributed by atoms with Crippen LogP contribution in [0, 0.1) is 5.41 Å². The van der Waals surface area contributed by atoms with Crippen LogP contribution >= 0.6 is 15.9 Å². The van der Waals surface area contributed by atoms with Gasteiger partial charge >= 0.3 is 0 Å². The summed E-state index contributed by atoms with van der Waals surface area (Å²) in [4.78, 5) is 0. The Labute approximate surface area is 200 Å². The van der Waals surface area contributed by atoms with E-state index in [1.54, 1.807) is 0 Å².